The van der Waals surface area contributed by atoms with E-state index in [1.807, 2.05) is 0 Å². The third-order valence-corrected chi connectivity index (χ3v) is 2.43. The maximum absolute atomic E-state index is 3.45. The van der Waals surface area contributed by atoms with Crippen LogP contribution in [-0.4, -0.2) is 6.54 Å². The molecule has 14 heavy (non-hydrogen) atoms. The van der Waals surface area contributed by atoms with E-state index in [0.717, 1.165) is 6.54 Å². The average molecular weight is 191 g/mol. The fourth-order valence-electron chi connectivity index (χ4n) is 1.70. The van der Waals surface area contributed by atoms with E-state index in [-0.39, 0.29) is 5.41 Å². The first kappa shape index (κ1) is 11.1. The zero-order valence-corrected chi connectivity index (χ0v) is 9.94. The third kappa shape index (κ3) is 2.28. The van der Waals surface area contributed by atoms with Crippen molar-refractivity contribution in [2.75, 3.05) is 11.9 Å². The lowest BCUT2D eigenvalue weighted by molar-refractivity contribution is 0.591. The van der Waals surface area contributed by atoms with Gasteiger partial charge >= 0.3 is 0 Å². The van der Waals surface area contributed by atoms with Crippen molar-refractivity contribution >= 4 is 5.69 Å². The molecule has 78 valence electrons. The van der Waals surface area contributed by atoms with Gasteiger partial charge in [-0.2, -0.15) is 0 Å². The van der Waals surface area contributed by atoms with Crippen molar-refractivity contribution in [2.45, 2.75) is 40.0 Å². The van der Waals surface area contributed by atoms with Gasteiger partial charge in [0, 0.05) is 12.2 Å². The van der Waals surface area contributed by atoms with Crippen molar-refractivity contribution in [1.82, 2.24) is 0 Å². The molecule has 0 aliphatic heterocycles. The van der Waals surface area contributed by atoms with Gasteiger partial charge in [-0.15, -0.1) is 0 Å². The number of para-hydroxylation sites is 1. The van der Waals surface area contributed by atoms with Crippen molar-refractivity contribution in [3.63, 3.8) is 0 Å². The molecular weight excluding hydrogens is 170 g/mol. The second kappa shape index (κ2) is 4.04. The summed E-state index contributed by atoms with van der Waals surface area (Å²) in [6, 6.07) is 6.51. The smallest absolute Gasteiger partial charge is 0.0407 e. The fourth-order valence-corrected chi connectivity index (χ4v) is 1.70. The number of anilines is 1. The first-order valence-corrected chi connectivity index (χ1v) is 5.30. The minimum absolute atomic E-state index is 0.212. The minimum atomic E-state index is 0.212. The van der Waals surface area contributed by atoms with E-state index in [9.17, 15) is 0 Å². The topological polar surface area (TPSA) is 12.0 Å². The molecule has 1 nitrogen and oxygen atoms in total. The maximum atomic E-state index is 3.45. The summed E-state index contributed by atoms with van der Waals surface area (Å²) >= 11 is 0. The number of hydrogen-bond donors (Lipinski definition) is 1. The molecule has 0 fully saturated rings. The quantitative estimate of drug-likeness (QED) is 0.751. The lowest BCUT2D eigenvalue weighted by atomic mass is 9.84. The molecule has 0 heterocycles. The van der Waals surface area contributed by atoms with E-state index in [1.165, 1.54) is 16.8 Å². The van der Waals surface area contributed by atoms with Crippen LogP contribution in [0.25, 0.3) is 0 Å². The Kier molecular flexibility index (Phi) is 3.20. The largest absolute Gasteiger partial charge is 0.385 e. The fraction of sp³-hybridized carbons (Fsp3) is 0.538. The molecule has 0 radical (unpaired) electrons. The first-order valence-electron chi connectivity index (χ1n) is 5.30. The Morgan fingerprint density at radius 3 is 2.36 bits per heavy atom. The summed E-state index contributed by atoms with van der Waals surface area (Å²) in [5, 5.41) is 3.45. The monoisotopic (exact) mass is 191 g/mol. The van der Waals surface area contributed by atoms with Crippen LogP contribution >= 0.6 is 0 Å². The zero-order valence-electron chi connectivity index (χ0n) is 9.94. The molecule has 1 heteroatoms. The van der Waals surface area contributed by atoms with Crippen molar-refractivity contribution in [3.8, 4) is 0 Å². The summed E-state index contributed by atoms with van der Waals surface area (Å²) < 4.78 is 0. The molecule has 0 saturated carbocycles. The normalized spacial score (nSPS) is 11.5. The molecule has 0 unspecified atom stereocenters. The van der Waals surface area contributed by atoms with Crippen LogP contribution in [-0.2, 0) is 5.41 Å². The highest BCUT2D eigenvalue weighted by atomic mass is 14.9. The van der Waals surface area contributed by atoms with E-state index < -0.39 is 0 Å². The van der Waals surface area contributed by atoms with Crippen LogP contribution in [0.4, 0.5) is 5.69 Å². The first-order chi connectivity index (χ1) is 6.46. The summed E-state index contributed by atoms with van der Waals surface area (Å²) in [5.41, 5.74) is 4.25. The van der Waals surface area contributed by atoms with Crippen LogP contribution < -0.4 is 5.32 Å². The molecule has 0 aliphatic carbocycles. The molecular formula is C13H21N. The highest BCUT2D eigenvalue weighted by Crippen LogP contribution is 2.31. The van der Waals surface area contributed by atoms with Crippen LogP contribution in [0.2, 0.25) is 0 Å². The van der Waals surface area contributed by atoms with Gasteiger partial charge in [-0.05, 0) is 30.4 Å². The number of nitrogens with one attached hydrogen (secondary N) is 1. The highest BCUT2D eigenvalue weighted by molar-refractivity contribution is 5.59. The molecule has 1 N–H and O–H groups in total. The van der Waals surface area contributed by atoms with Crippen molar-refractivity contribution in [1.29, 1.82) is 0 Å². The maximum Gasteiger partial charge on any atom is 0.0407 e. The summed E-state index contributed by atoms with van der Waals surface area (Å²) in [6.07, 6.45) is 0. The molecule has 0 aliphatic rings. The van der Waals surface area contributed by atoms with Crippen molar-refractivity contribution in [3.05, 3.63) is 29.3 Å². The van der Waals surface area contributed by atoms with Crippen LogP contribution in [0.3, 0.4) is 0 Å². The number of benzene rings is 1. The molecule has 1 aromatic carbocycles. The Morgan fingerprint density at radius 1 is 1.21 bits per heavy atom. The number of hydrogen-bond acceptors (Lipinski definition) is 1. The number of rotatable bonds is 2. The second-order valence-corrected chi connectivity index (χ2v) is 4.78. The van der Waals surface area contributed by atoms with Gasteiger partial charge in [0.25, 0.3) is 0 Å². The lowest BCUT2D eigenvalue weighted by Gasteiger charge is -2.24. The molecule has 1 rings (SSSR count). The van der Waals surface area contributed by atoms with E-state index in [4.69, 9.17) is 0 Å². The molecule has 0 spiro atoms. The van der Waals surface area contributed by atoms with Crippen molar-refractivity contribution in [2.24, 2.45) is 0 Å². The Labute approximate surface area is 87.5 Å². The van der Waals surface area contributed by atoms with E-state index >= 15 is 0 Å². The van der Waals surface area contributed by atoms with E-state index in [1.54, 1.807) is 0 Å². The van der Waals surface area contributed by atoms with Gasteiger partial charge in [0.1, 0.15) is 0 Å². The summed E-state index contributed by atoms with van der Waals surface area (Å²) in [5.74, 6) is 0. The summed E-state index contributed by atoms with van der Waals surface area (Å²) in [4.78, 5) is 0. The van der Waals surface area contributed by atoms with Gasteiger partial charge in [-0.1, -0.05) is 39.0 Å². The molecule has 0 atom stereocenters. The molecule has 1 aromatic rings. The minimum Gasteiger partial charge on any atom is -0.385 e. The Morgan fingerprint density at radius 2 is 1.86 bits per heavy atom. The number of aryl methyl sites for hydroxylation is 1. The van der Waals surface area contributed by atoms with Gasteiger partial charge in [0.15, 0.2) is 0 Å². The van der Waals surface area contributed by atoms with Gasteiger partial charge < -0.3 is 5.32 Å². The average Bonchev–Trinajstić information content (AvgIpc) is 2.07. The summed E-state index contributed by atoms with van der Waals surface area (Å²) in [7, 11) is 0. The summed E-state index contributed by atoms with van der Waals surface area (Å²) in [6.45, 7) is 12.0. The standard InChI is InChI=1S/C13H21N/c1-6-14-12-10(2)8-7-9-11(12)13(3,4)5/h7-9,14H,6H2,1-5H3. The highest BCUT2D eigenvalue weighted by Gasteiger charge is 2.18. The van der Waals surface area contributed by atoms with Gasteiger partial charge in [-0.3, -0.25) is 0 Å². The zero-order chi connectivity index (χ0) is 10.8. The second-order valence-electron chi connectivity index (χ2n) is 4.78. The van der Waals surface area contributed by atoms with Gasteiger partial charge in [-0.25, -0.2) is 0 Å². The van der Waals surface area contributed by atoms with Crippen molar-refractivity contribution < 1.29 is 0 Å². The SMILES string of the molecule is CCNc1c(C)cccc1C(C)(C)C. The molecule has 0 saturated heterocycles. The van der Waals surface area contributed by atoms with E-state index in [0.29, 0.717) is 0 Å². The molecule has 0 aromatic heterocycles. The lowest BCUT2D eigenvalue weighted by Crippen LogP contribution is -2.15. The molecule has 0 bridgehead atoms. The van der Waals surface area contributed by atoms with Crippen LogP contribution in [0.5, 0.6) is 0 Å². The Bertz CT molecular complexity index is 308. The molecule has 0 amide bonds. The Hall–Kier alpha value is -0.980. The van der Waals surface area contributed by atoms with Crippen LogP contribution in [0, 0.1) is 6.92 Å². The predicted octanol–water partition coefficient (Wildman–Crippen LogP) is 3.72. The third-order valence-electron chi connectivity index (χ3n) is 2.43. The van der Waals surface area contributed by atoms with E-state index in [2.05, 4.69) is 58.1 Å². The van der Waals surface area contributed by atoms with Crippen LogP contribution in [0.15, 0.2) is 18.2 Å². The van der Waals surface area contributed by atoms with Gasteiger partial charge in [0.05, 0.1) is 0 Å². The Balaban J connectivity index is 3.21. The van der Waals surface area contributed by atoms with Gasteiger partial charge in [0.2, 0.25) is 0 Å². The van der Waals surface area contributed by atoms with Crippen LogP contribution in [0.1, 0.15) is 38.8 Å². The predicted molar refractivity (Wildman–Crippen MR) is 64.0 cm³/mol.